The smallest absolute Gasteiger partial charge is 0.125 e. The summed E-state index contributed by atoms with van der Waals surface area (Å²) in [5.74, 6) is 1.77. The highest BCUT2D eigenvalue weighted by molar-refractivity contribution is 5.93. The summed E-state index contributed by atoms with van der Waals surface area (Å²) < 4.78 is 0. The van der Waals surface area contributed by atoms with Crippen molar-refractivity contribution < 1.29 is 4.79 Å². The van der Waals surface area contributed by atoms with Crippen molar-refractivity contribution >= 4 is 22.9 Å². The lowest BCUT2D eigenvalue weighted by Gasteiger charge is -1.87. The summed E-state index contributed by atoms with van der Waals surface area (Å²) in [6.45, 7) is 0. The van der Waals surface area contributed by atoms with E-state index in [2.05, 4.69) is 4.98 Å². The molecule has 0 unspecified atom stereocenters. The Morgan fingerprint density at radius 1 is 1.33 bits per heavy atom. The fourth-order valence-electron chi connectivity index (χ4n) is 1.28. The molecule has 1 aromatic carbocycles. The van der Waals surface area contributed by atoms with Crippen molar-refractivity contribution in [2.75, 3.05) is 0 Å². The van der Waals surface area contributed by atoms with Gasteiger partial charge in [0.05, 0.1) is 0 Å². The van der Waals surface area contributed by atoms with E-state index in [9.17, 15) is 4.79 Å². The fourth-order valence-corrected chi connectivity index (χ4v) is 1.28. The van der Waals surface area contributed by atoms with Crippen LogP contribution in [0.15, 0.2) is 30.5 Å². The molecule has 0 amide bonds. The SMILES string of the molecule is O=C=Cc1c[nH]c2ccccc12. The second kappa shape index (κ2) is 2.68. The van der Waals surface area contributed by atoms with Crippen LogP contribution in [-0.4, -0.2) is 10.9 Å². The van der Waals surface area contributed by atoms with E-state index in [0.717, 1.165) is 16.5 Å². The number of aromatic amines is 1. The first kappa shape index (κ1) is 6.89. The number of hydrogen-bond donors (Lipinski definition) is 1. The van der Waals surface area contributed by atoms with Gasteiger partial charge in [0.2, 0.25) is 0 Å². The third-order valence-corrected chi connectivity index (χ3v) is 1.84. The Labute approximate surface area is 69.5 Å². The molecule has 2 aromatic rings. The van der Waals surface area contributed by atoms with Gasteiger partial charge in [0.15, 0.2) is 0 Å². The molecule has 0 aliphatic rings. The number of fused-ring (bicyclic) bond motifs is 1. The highest BCUT2D eigenvalue weighted by atomic mass is 16.1. The average Bonchev–Trinajstić information content (AvgIpc) is 2.50. The number of H-pyrrole nitrogens is 1. The number of carbonyl (C=O) groups excluding carboxylic acids is 1. The van der Waals surface area contributed by atoms with Gasteiger partial charge in [-0.2, -0.15) is 0 Å². The minimum Gasteiger partial charge on any atom is -0.361 e. The van der Waals surface area contributed by atoms with Crippen molar-refractivity contribution in [1.82, 2.24) is 4.98 Å². The van der Waals surface area contributed by atoms with Crippen LogP contribution < -0.4 is 0 Å². The van der Waals surface area contributed by atoms with Crippen molar-refractivity contribution in [1.29, 1.82) is 0 Å². The standard InChI is InChI=1S/C10H7NO/c12-6-5-8-7-11-10-4-2-1-3-9(8)10/h1-5,7,11H. The van der Waals surface area contributed by atoms with E-state index in [-0.39, 0.29) is 0 Å². The maximum absolute atomic E-state index is 10.1. The van der Waals surface area contributed by atoms with E-state index in [4.69, 9.17) is 0 Å². The molecule has 58 valence electrons. The van der Waals surface area contributed by atoms with Crippen LogP contribution in [0.1, 0.15) is 5.56 Å². The van der Waals surface area contributed by atoms with Gasteiger partial charge >= 0.3 is 0 Å². The second-order valence-electron chi connectivity index (χ2n) is 2.55. The highest BCUT2D eigenvalue weighted by Gasteiger charge is 1.97. The van der Waals surface area contributed by atoms with Crippen LogP contribution in [0.2, 0.25) is 0 Å². The number of aromatic nitrogens is 1. The Morgan fingerprint density at radius 3 is 3.00 bits per heavy atom. The summed E-state index contributed by atoms with van der Waals surface area (Å²) in [7, 11) is 0. The molecule has 0 saturated heterocycles. The lowest BCUT2D eigenvalue weighted by atomic mass is 10.2. The minimum atomic E-state index is 0.889. The Morgan fingerprint density at radius 2 is 2.17 bits per heavy atom. The normalized spacial score (nSPS) is 9.67. The fraction of sp³-hybridized carbons (Fsp3) is 0. The minimum absolute atomic E-state index is 0.889. The molecule has 0 saturated carbocycles. The van der Waals surface area contributed by atoms with E-state index in [1.54, 1.807) is 12.1 Å². The molecule has 2 heteroatoms. The van der Waals surface area contributed by atoms with Gasteiger partial charge in [0.25, 0.3) is 0 Å². The molecule has 1 aromatic heterocycles. The number of nitrogens with one attached hydrogen (secondary N) is 1. The lowest BCUT2D eigenvalue weighted by molar-refractivity contribution is 0.570. The van der Waals surface area contributed by atoms with Crippen LogP contribution in [0.25, 0.3) is 17.0 Å². The summed E-state index contributed by atoms with van der Waals surface area (Å²) in [6.07, 6.45) is 3.23. The zero-order valence-electron chi connectivity index (χ0n) is 6.37. The van der Waals surface area contributed by atoms with Crippen LogP contribution in [0, 0.1) is 0 Å². The Hall–Kier alpha value is -1.79. The average molecular weight is 157 g/mol. The third-order valence-electron chi connectivity index (χ3n) is 1.84. The molecule has 2 rings (SSSR count). The van der Waals surface area contributed by atoms with E-state index < -0.39 is 0 Å². The third kappa shape index (κ3) is 0.949. The summed E-state index contributed by atoms with van der Waals surface area (Å²) >= 11 is 0. The van der Waals surface area contributed by atoms with Crippen molar-refractivity contribution in [3.63, 3.8) is 0 Å². The van der Waals surface area contributed by atoms with Crippen molar-refractivity contribution in [3.8, 4) is 0 Å². The van der Waals surface area contributed by atoms with Gasteiger partial charge in [-0.3, -0.25) is 0 Å². The number of para-hydroxylation sites is 1. The first-order chi connectivity index (χ1) is 5.92. The molecule has 0 radical (unpaired) electrons. The maximum Gasteiger partial charge on any atom is 0.125 e. The van der Waals surface area contributed by atoms with Gasteiger partial charge in [-0.15, -0.1) is 0 Å². The molecule has 0 bridgehead atoms. The van der Waals surface area contributed by atoms with Gasteiger partial charge in [-0.05, 0) is 6.07 Å². The first-order valence-electron chi connectivity index (χ1n) is 3.69. The molecule has 1 heterocycles. The zero-order valence-corrected chi connectivity index (χ0v) is 6.37. The Kier molecular flexibility index (Phi) is 1.54. The Balaban J connectivity index is 2.78. The molecular formula is C10H7NO. The molecule has 12 heavy (non-hydrogen) atoms. The molecule has 2 nitrogen and oxygen atoms in total. The number of hydrogen-bond acceptors (Lipinski definition) is 1. The summed E-state index contributed by atoms with van der Waals surface area (Å²) in [6, 6.07) is 7.83. The predicted octanol–water partition coefficient (Wildman–Crippen LogP) is 2.01. The van der Waals surface area contributed by atoms with Crippen LogP contribution in [0.5, 0.6) is 0 Å². The van der Waals surface area contributed by atoms with Gasteiger partial charge in [-0.25, -0.2) is 4.79 Å². The zero-order chi connectivity index (χ0) is 8.39. The molecule has 0 spiro atoms. The summed E-state index contributed by atoms with van der Waals surface area (Å²) in [5, 5.41) is 1.06. The molecule has 0 fully saturated rings. The van der Waals surface area contributed by atoms with Gasteiger partial charge in [0.1, 0.15) is 5.94 Å². The van der Waals surface area contributed by atoms with Crippen molar-refractivity contribution in [2.45, 2.75) is 0 Å². The summed E-state index contributed by atoms with van der Waals surface area (Å²) in [5.41, 5.74) is 1.93. The first-order valence-corrected chi connectivity index (χ1v) is 3.69. The van der Waals surface area contributed by atoms with Crippen LogP contribution >= 0.6 is 0 Å². The Bertz CT molecular complexity index is 450. The quantitative estimate of drug-likeness (QED) is 0.631. The van der Waals surface area contributed by atoms with Crippen LogP contribution in [0.4, 0.5) is 0 Å². The molecule has 1 N–H and O–H groups in total. The van der Waals surface area contributed by atoms with Crippen LogP contribution in [-0.2, 0) is 4.79 Å². The lowest BCUT2D eigenvalue weighted by Crippen LogP contribution is -1.66. The molecule has 0 aliphatic heterocycles. The maximum atomic E-state index is 10.1. The highest BCUT2D eigenvalue weighted by Crippen LogP contribution is 2.17. The van der Waals surface area contributed by atoms with E-state index in [1.165, 1.54) is 6.08 Å². The predicted molar refractivity (Wildman–Crippen MR) is 48.5 cm³/mol. The topological polar surface area (TPSA) is 32.9 Å². The molecular weight excluding hydrogens is 150 g/mol. The van der Waals surface area contributed by atoms with E-state index in [0.29, 0.717) is 0 Å². The number of rotatable bonds is 1. The van der Waals surface area contributed by atoms with Crippen molar-refractivity contribution in [2.24, 2.45) is 0 Å². The van der Waals surface area contributed by atoms with Crippen LogP contribution in [0.3, 0.4) is 0 Å². The van der Waals surface area contributed by atoms with Crippen molar-refractivity contribution in [3.05, 3.63) is 36.0 Å². The second-order valence-corrected chi connectivity index (χ2v) is 2.55. The molecule has 0 aliphatic carbocycles. The van der Waals surface area contributed by atoms with E-state index >= 15 is 0 Å². The van der Waals surface area contributed by atoms with Gasteiger partial charge < -0.3 is 4.98 Å². The van der Waals surface area contributed by atoms with Gasteiger partial charge in [-0.1, -0.05) is 18.2 Å². The largest absolute Gasteiger partial charge is 0.361 e. The number of benzene rings is 1. The van der Waals surface area contributed by atoms with Gasteiger partial charge in [0, 0.05) is 28.7 Å². The molecule has 0 atom stereocenters. The summed E-state index contributed by atoms with van der Waals surface area (Å²) in [4.78, 5) is 13.2. The monoisotopic (exact) mass is 157 g/mol. The van der Waals surface area contributed by atoms with E-state index in [1.807, 2.05) is 24.3 Å².